The predicted octanol–water partition coefficient (Wildman–Crippen LogP) is 1.72. The van der Waals surface area contributed by atoms with Gasteiger partial charge in [-0.25, -0.2) is 13.1 Å². The van der Waals surface area contributed by atoms with Crippen LogP contribution in [0.25, 0.3) is 0 Å². The number of hydrogen-bond acceptors (Lipinski definition) is 4. The molecular weight excluding hydrogens is 268 g/mol. The van der Waals surface area contributed by atoms with E-state index >= 15 is 0 Å². The number of sulfonamides is 1. The van der Waals surface area contributed by atoms with Crippen molar-refractivity contribution in [2.24, 2.45) is 5.92 Å². The van der Waals surface area contributed by atoms with Gasteiger partial charge < -0.3 is 5.32 Å². The van der Waals surface area contributed by atoms with Crippen molar-refractivity contribution in [3.05, 3.63) is 17.0 Å². The maximum absolute atomic E-state index is 12.2. The molecule has 2 unspecified atom stereocenters. The lowest BCUT2D eigenvalue weighted by atomic mass is 9.94. The van der Waals surface area contributed by atoms with E-state index < -0.39 is 10.0 Å². The number of piperidine rings is 1. The summed E-state index contributed by atoms with van der Waals surface area (Å²) in [5, 5.41) is 3.31. The summed E-state index contributed by atoms with van der Waals surface area (Å²) in [6, 6.07) is 3.49. The van der Waals surface area contributed by atoms with Gasteiger partial charge in [0, 0.05) is 10.9 Å². The molecule has 18 heavy (non-hydrogen) atoms. The molecule has 1 fully saturated rings. The number of aryl methyl sites for hydroxylation is 1. The number of nitrogens with one attached hydrogen (secondary N) is 2. The minimum atomic E-state index is -3.35. The average Bonchev–Trinajstić information content (AvgIpc) is 2.77. The van der Waals surface area contributed by atoms with Gasteiger partial charge in [0.1, 0.15) is 4.21 Å². The lowest BCUT2D eigenvalue weighted by Crippen LogP contribution is -2.44. The number of hydrogen-bond donors (Lipinski definition) is 2. The van der Waals surface area contributed by atoms with E-state index in [1.54, 1.807) is 6.07 Å². The van der Waals surface area contributed by atoms with Gasteiger partial charge in [-0.1, -0.05) is 0 Å². The van der Waals surface area contributed by atoms with Crippen molar-refractivity contribution in [1.29, 1.82) is 0 Å². The fourth-order valence-electron chi connectivity index (χ4n) is 2.26. The molecule has 0 bridgehead atoms. The zero-order valence-corrected chi connectivity index (χ0v) is 12.4. The summed E-state index contributed by atoms with van der Waals surface area (Å²) >= 11 is 1.32. The third-order valence-corrected chi connectivity index (χ3v) is 6.42. The molecule has 0 amide bonds. The van der Waals surface area contributed by atoms with Crippen molar-refractivity contribution in [3.8, 4) is 0 Å². The zero-order valence-electron chi connectivity index (χ0n) is 10.8. The van der Waals surface area contributed by atoms with Crippen LogP contribution in [0.3, 0.4) is 0 Å². The van der Waals surface area contributed by atoms with Crippen LogP contribution in [0.4, 0.5) is 0 Å². The molecule has 1 saturated heterocycles. The average molecular weight is 288 g/mol. The van der Waals surface area contributed by atoms with Gasteiger partial charge in [0.15, 0.2) is 0 Å². The topological polar surface area (TPSA) is 58.2 Å². The molecular formula is C12H20N2O2S2. The Hall–Kier alpha value is -0.430. The van der Waals surface area contributed by atoms with Gasteiger partial charge in [0.25, 0.3) is 0 Å². The Labute approximate surface area is 113 Å². The Kier molecular flexibility index (Phi) is 4.42. The largest absolute Gasteiger partial charge is 0.316 e. The first kappa shape index (κ1) is 14.0. The van der Waals surface area contributed by atoms with Crippen LogP contribution in [0.1, 0.15) is 24.6 Å². The van der Waals surface area contributed by atoms with E-state index in [9.17, 15) is 8.42 Å². The van der Waals surface area contributed by atoms with Crippen LogP contribution >= 0.6 is 11.3 Å². The van der Waals surface area contributed by atoms with Gasteiger partial charge in [0.2, 0.25) is 10.0 Å². The Bertz CT molecular complexity index is 490. The van der Waals surface area contributed by atoms with Crippen LogP contribution in [0.5, 0.6) is 0 Å². The quantitative estimate of drug-likeness (QED) is 0.887. The maximum atomic E-state index is 12.2. The van der Waals surface area contributed by atoms with Crippen LogP contribution in [0, 0.1) is 12.8 Å². The molecule has 2 rings (SSSR count). The van der Waals surface area contributed by atoms with Gasteiger partial charge >= 0.3 is 0 Å². The molecule has 1 aromatic rings. The van der Waals surface area contributed by atoms with Crippen molar-refractivity contribution in [2.45, 2.75) is 36.9 Å². The van der Waals surface area contributed by atoms with E-state index in [0.717, 1.165) is 30.8 Å². The van der Waals surface area contributed by atoms with E-state index in [4.69, 9.17) is 0 Å². The highest BCUT2D eigenvalue weighted by Crippen LogP contribution is 2.22. The lowest BCUT2D eigenvalue weighted by Gasteiger charge is -2.28. The summed E-state index contributed by atoms with van der Waals surface area (Å²) in [5.41, 5.74) is 0. The highest BCUT2D eigenvalue weighted by atomic mass is 32.2. The Morgan fingerprint density at radius 3 is 2.83 bits per heavy atom. The molecule has 0 saturated carbocycles. The fraction of sp³-hybridized carbons (Fsp3) is 0.667. The van der Waals surface area contributed by atoms with Crippen molar-refractivity contribution in [3.63, 3.8) is 0 Å². The second-order valence-corrected chi connectivity index (χ2v) is 8.11. The zero-order chi connectivity index (χ0) is 13.2. The summed E-state index contributed by atoms with van der Waals surface area (Å²) in [7, 11) is -3.35. The molecule has 1 aromatic heterocycles. The third kappa shape index (κ3) is 3.32. The number of thiophene rings is 1. The van der Waals surface area contributed by atoms with E-state index in [1.807, 2.05) is 19.9 Å². The monoisotopic (exact) mass is 288 g/mol. The second kappa shape index (κ2) is 5.69. The molecule has 2 atom stereocenters. The molecule has 0 aromatic carbocycles. The summed E-state index contributed by atoms with van der Waals surface area (Å²) in [6.07, 6.45) is 2.20. The predicted molar refractivity (Wildman–Crippen MR) is 74.4 cm³/mol. The molecule has 2 N–H and O–H groups in total. The summed E-state index contributed by atoms with van der Waals surface area (Å²) < 4.78 is 27.6. The van der Waals surface area contributed by atoms with Crippen molar-refractivity contribution < 1.29 is 8.42 Å². The molecule has 102 valence electrons. The van der Waals surface area contributed by atoms with Crippen molar-refractivity contribution >= 4 is 21.4 Å². The Morgan fingerprint density at radius 1 is 1.50 bits per heavy atom. The summed E-state index contributed by atoms with van der Waals surface area (Å²) in [5.74, 6) is 0.384. The third-order valence-electron chi connectivity index (χ3n) is 3.36. The molecule has 0 spiro atoms. The van der Waals surface area contributed by atoms with Crippen LogP contribution in [0.2, 0.25) is 0 Å². The Balaban J connectivity index is 2.03. The van der Waals surface area contributed by atoms with Gasteiger partial charge in [0.05, 0.1) is 0 Å². The number of rotatable bonds is 4. The second-order valence-electron chi connectivity index (χ2n) is 4.88. The van der Waals surface area contributed by atoms with Gasteiger partial charge in [-0.05, 0) is 57.8 Å². The SMILES string of the molecule is Cc1ccc(S(=O)(=O)NC(C)C2CCCNC2)s1. The normalized spacial score (nSPS) is 22.9. The van der Waals surface area contributed by atoms with Crippen molar-refractivity contribution in [1.82, 2.24) is 10.0 Å². The molecule has 1 aliphatic rings. The molecule has 0 aliphatic carbocycles. The molecule has 2 heterocycles. The molecule has 1 aliphatic heterocycles. The minimum Gasteiger partial charge on any atom is -0.316 e. The highest BCUT2D eigenvalue weighted by Gasteiger charge is 2.25. The van der Waals surface area contributed by atoms with Crippen LogP contribution < -0.4 is 10.0 Å². The summed E-state index contributed by atoms with van der Waals surface area (Å²) in [6.45, 7) is 5.81. The standard InChI is InChI=1S/C12H20N2O2S2/c1-9-5-6-12(17-9)18(15,16)14-10(2)11-4-3-7-13-8-11/h5-6,10-11,13-14H,3-4,7-8H2,1-2H3. The van der Waals surface area contributed by atoms with Gasteiger partial charge in [-0.3, -0.25) is 0 Å². The van der Waals surface area contributed by atoms with E-state index in [2.05, 4.69) is 10.0 Å². The smallest absolute Gasteiger partial charge is 0.250 e. The lowest BCUT2D eigenvalue weighted by molar-refractivity contribution is 0.320. The minimum absolute atomic E-state index is 0.0230. The van der Waals surface area contributed by atoms with E-state index in [1.165, 1.54) is 11.3 Å². The van der Waals surface area contributed by atoms with E-state index in [-0.39, 0.29) is 6.04 Å². The maximum Gasteiger partial charge on any atom is 0.250 e. The van der Waals surface area contributed by atoms with Gasteiger partial charge in [-0.15, -0.1) is 11.3 Å². The van der Waals surface area contributed by atoms with E-state index in [0.29, 0.717) is 10.1 Å². The molecule has 6 heteroatoms. The fourth-order valence-corrected chi connectivity index (χ4v) is 4.87. The highest BCUT2D eigenvalue weighted by molar-refractivity contribution is 7.91. The van der Waals surface area contributed by atoms with Crippen LogP contribution in [-0.2, 0) is 10.0 Å². The first-order valence-corrected chi connectivity index (χ1v) is 8.58. The van der Waals surface area contributed by atoms with Gasteiger partial charge in [-0.2, -0.15) is 0 Å². The summed E-state index contributed by atoms with van der Waals surface area (Å²) in [4.78, 5) is 1.02. The van der Waals surface area contributed by atoms with Crippen LogP contribution in [0.15, 0.2) is 16.3 Å². The van der Waals surface area contributed by atoms with Crippen LogP contribution in [-0.4, -0.2) is 27.5 Å². The van der Waals surface area contributed by atoms with Crippen molar-refractivity contribution in [2.75, 3.05) is 13.1 Å². The Morgan fingerprint density at radius 2 is 2.28 bits per heavy atom. The molecule has 4 nitrogen and oxygen atoms in total. The first-order valence-electron chi connectivity index (χ1n) is 6.28. The molecule has 0 radical (unpaired) electrons. The first-order chi connectivity index (χ1) is 8.49.